The van der Waals surface area contributed by atoms with Gasteiger partial charge in [0.25, 0.3) is 5.91 Å². The van der Waals surface area contributed by atoms with Gasteiger partial charge in [-0.05, 0) is 37.0 Å². The lowest BCUT2D eigenvalue weighted by Gasteiger charge is -2.41. The van der Waals surface area contributed by atoms with Gasteiger partial charge in [-0.2, -0.15) is 0 Å². The first-order valence-electron chi connectivity index (χ1n) is 7.23. The molecular weight excluding hydrogens is 226 g/mol. The van der Waals surface area contributed by atoms with Gasteiger partial charge in [-0.15, -0.1) is 0 Å². The van der Waals surface area contributed by atoms with Gasteiger partial charge < -0.3 is 10.1 Å². The van der Waals surface area contributed by atoms with E-state index in [1.54, 1.807) is 7.11 Å². The van der Waals surface area contributed by atoms with Crippen molar-refractivity contribution in [2.75, 3.05) is 7.11 Å². The Balaban J connectivity index is 1.97. The molecule has 2 rings (SSSR count). The highest BCUT2D eigenvalue weighted by Crippen LogP contribution is 2.39. The Bertz CT molecular complexity index is 305. The second-order valence-electron chi connectivity index (χ2n) is 7.12. The molecular formula is C15H27NO2. The van der Waals surface area contributed by atoms with Crippen LogP contribution in [0.2, 0.25) is 0 Å². The van der Waals surface area contributed by atoms with Crippen LogP contribution in [0, 0.1) is 11.3 Å². The zero-order valence-corrected chi connectivity index (χ0v) is 12.2. The summed E-state index contributed by atoms with van der Waals surface area (Å²) < 4.78 is 5.46. The molecule has 0 bridgehead atoms. The fourth-order valence-corrected chi connectivity index (χ4v) is 2.63. The summed E-state index contributed by atoms with van der Waals surface area (Å²) in [5.41, 5.74) is -0.399. The fourth-order valence-electron chi connectivity index (χ4n) is 2.63. The Morgan fingerprint density at radius 1 is 1.39 bits per heavy atom. The van der Waals surface area contributed by atoms with Gasteiger partial charge in [0.2, 0.25) is 0 Å². The van der Waals surface area contributed by atoms with Crippen molar-refractivity contribution < 1.29 is 9.53 Å². The monoisotopic (exact) mass is 253 g/mol. The van der Waals surface area contributed by atoms with Gasteiger partial charge >= 0.3 is 0 Å². The molecule has 0 aliphatic heterocycles. The van der Waals surface area contributed by atoms with Crippen LogP contribution in [0.25, 0.3) is 0 Å². The van der Waals surface area contributed by atoms with Gasteiger partial charge in [-0.25, -0.2) is 0 Å². The predicted molar refractivity (Wildman–Crippen MR) is 72.3 cm³/mol. The summed E-state index contributed by atoms with van der Waals surface area (Å²) >= 11 is 0. The molecule has 0 aromatic carbocycles. The number of ether oxygens (including phenoxy) is 1. The highest BCUT2D eigenvalue weighted by molar-refractivity contribution is 5.86. The van der Waals surface area contributed by atoms with E-state index in [2.05, 4.69) is 26.1 Å². The van der Waals surface area contributed by atoms with Crippen LogP contribution in [0.1, 0.15) is 59.3 Å². The largest absolute Gasteiger partial charge is 0.368 e. The van der Waals surface area contributed by atoms with Gasteiger partial charge in [0.15, 0.2) is 0 Å². The summed E-state index contributed by atoms with van der Waals surface area (Å²) in [6.45, 7) is 6.63. The molecule has 3 nitrogen and oxygen atoms in total. The SMILES string of the molecule is COC1(C(=O)NC(CC2CC2)C(C)(C)C)CCC1. The summed E-state index contributed by atoms with van der Waals surface area (Å²) in [7, 11) is 1.66. The van der Waals surface area contributed by atoms with Crippen molar-refractivity contribution in [3.05, 3.63) is 0 Å². The van der Waals surface area contributed by atoms with Gasteiger partial charge in [0, 0.05) is 13.2 Å². The van der Waals surface area contributed by atoms with E-state index < -0.39 is 5.60 Å². The summed E-state index contributed by atoms with van der Waals surface area (Å²) in [5.74, 6) is 0.936. The standard InChI is InChI=1S/C15H27NO2/c1-14(2,3)12(10-11-6-7-11)16-13(17)15(18-4)8-5-9-15/h11-12H,5-10H2,1-4H3,(H,16,17). The molecule has 0 aromatic rings. The van der Waals surface area contributed by atoms with E-state index >= 15 is 0 Å². The third-order valence-corrected chi connectivity index (χ3v) is 4.58. The average molecular weight is 253 g/mol. The minimum Gasteiger partial charge on any atom is -0.368 e. The maximum absolute atomic E-state index is 12.4. The van der Waals surface area contributed by atoms with E-state index in [1.165, 1.54) is 12.8 Å². The maximum Gasteiger partial charge on any atom is 0.252 e. The van der Waals surface area contributed by atoms with Gasteiger partial charge in [0.05, 0.1) is 0 Å². The normalized spacial score (nSPS) is 24.2. The molecule has 0 radical (unpaired) electrons. The topological polar surface area (TPSA) is 38.3 Å². The van der Waals surface area contributed by atoms with Crippen LogP contribution in [0.4, 0.5) is 0 Å². The van der Waals surface area contributed by atoms with E-state index in [1.807, 2.05) is 0 Å². The number of amides is 1. The first-order chi connectivity index (χ1) is 8.37. The van der Waals surface area contributed by atoms with Crippen molar-refractivity contribution in [2.24, 2.45) is 11.3 Å². The van der Waals surface area contributed by atoms with E-state index in [0.29, 0.717) is 0 Å². The Kier molecular flexibility index (Phi) is 3.72. The van der Waals surface area contributed by atoms with E-state index in [4.69, 9.17) is 4.74 Å². The lowest BCUT2D eigenvalue weighted by Crippen LogP contribution is -2.57. The molecule has 2 saturated carbocycles. The van der Waals surface area contributed by atoms with Crippen molar-refractivity contribution in [2.45, 2.75) is 70.9 Å². The molecule has 0 spiro atoms. The van der Waals surface area contributed by atoms with Crippen LogP contribution >= 0.6 is 0 Å². The Morgan fingerprint density at radius 2 is 2.00 bits per heavy atom. The minimum absolute atomic E-state index is 0.108. The van der Waals surface area contributed by atoms with Crippen LogP contribution in [0.3, 0.4) is 0 Å². The second-order valence-corrected chi connectivity index (χ2v) is 7.12. The number of nitrogens with one attached hydrogen (secondary N) is 1. The van der Waals surface area contributed by atoms with Crippen LogP contribution in [0.5, 0.6) is 0 Å². The highest BCUT2D eigenvalue weighted by atomic mass is 16.5. The molecule has 1 atom stereocenters. The quantitative estimate of drug-likeness (QED) is 0.818. The Hall–Kier alpha value is -0.570. The molecule has 0 saturated heterocycles. The lowest BCUT2D eigenvalue weighted by atomic mass is 9.77. The maximum atomic E-state index is 12.4. The number of carbonyl (C=O) groups excluding carboxylic acids is 1. The van der Waals surface area contributed by atoms with E-state index in [-0.39, 0.29) is 17.4 Å². The minimum atomic E-state index is -0.521. The van der Waals surface area contributed by atoms with Crippen LogP contribution in [-0.4, -0.2) is 24.7 Å². The summed E-state index contributed by atoms with van der Waals surface area (Å²) in [6.07, 6.45) is 6.63. The summed E-state index contributed by atoms with van der Waals surface area (Å²) in [4.78, 5) is 12.4. The van der Waals surface area contributed by atoms with Crippen molar-refractivity contribution in [1.82, 2.24) is 5.32 Å². The van der Waals surface area contributed by atoms with E-state index in [0.717, 1.165) is 31.6 Å². The molecule has 1 unspecified atom stereocenters. The predicted octanol–water partition coefficient (Wildman–Crippen LogP) is 2.89. The Labute approximate surface area is 111 Å². The zero-order valence-electron chi connectivity index (χ0n) is 12.2. The van der Waals surface area contributed by atoms with Crippen molar-refractivity contribution >= 4 is 5.91 Å². The van der Waals surface area contributed by atoms with Gasteiger partial charge in [-0.3, -0.25) is 4.79 Å². The molecule has 1 amide bonds. The summed E-state index contributed by atoms with van der Waals surface area (Å²) in [5, 5.41) is 3.26. The number of carbonyl (C=O) groups is 1. The van der Waals surface area contributed by atoms with Gasteiger partial charge in [0.1, 0.15) is 5.60 Å². The van der Waals surface area contributed by atoms with Crippen molar-refractivity contribution in [3.8, 4) is 0 Å². The average Bonchev–Trinajstić information content (AvgIpc) is 2.98. The molecule has 2 aliphatic rings. The van der Waals surface area contributed by atoms with Gasteiger partial charge in [-0.1, -0.05) is 33.6 Å². The third kappa shape index (κ3) is 2.87. The number of methoxy groups -OCH3 is 1. The first-order valence-corrected chi connectivity index (χ1v) is 7.23. The number of hydrogen-bond acceptors (Lipinski definition) is 2. The molecule has 0 heterocycles. The molecule has 104 valence electrons. The highest BCUT2D eigenvalue weighted by Gasteiger charge is 2.46. The van der Waals surface area contributed by atoms with Crippen LogP contribution in [0.15, 0.2) is 0 Å². The molecule has 3 heteroatoms. The fraction of sp³-hybridized carbons (Fsp3) is 0.933. The molecule has 2 fully saturated rings. The molecule has 0 aromatic heterocycles. The molecule has 2 aliphatic carbocycles. The van der Waals surface area contributed by atoms with Crippen LogP contribution in [-0.2, 0) is 9.53 Å². The molecule has 1 N–H and O–H groups in total. The first kappa shape index (κ1) is 13.9. The molecule has 18 heavy (non-hydrogen) atoms. The van der Waals surface area contributed by atoms with Crippen molar-refractivity contribution in [3.63, 3.8) is 0 Å². The lowest BCUT2D eigenvalue weighted by molar-refractivity contribution is -0.155. The second kappa shape index (κ2) is 4.84. The summed E-state index contributed by atoms with van der Waals surface area (Å²) in [6, 6.07) is 0.269. The smallest absolute Gasteiger partial charge is 0.252 e. The van der Waals surface area contributed by atoms with Crippen LogP contribution < -0.4 is 5.32 Å². The Morgan fingerprint density at radius 3 is 2.33 bits per heavy atom. The zero-order chi connectivity index (χ0) is 13.4. The number of hydrogen-bond donors (Lipinski definition) is 1. The number of rotatable bonds is 5. The van der Waals surface area contributed by atoms with Crippen molar-refractivity contribution in [1.29, 1.82) is 0 Å². The van der Waals surface area contributed by atoms with E-state index in [9.17, 15) is 4.79 Å². The third-order valence-electron chi connectivity index (χ3n) is 4.58.